The molecular weight excluding hydrogens is 347 g/mol. The van der Waals surface area contributed by atoms with Gasteiger partial charge in [-0.2, -0.15) is 0 Å². The average molecular weight is 373 g/mol. The summed E-state index contributed by atoms with van der Waals surface area (Å²) in [5.74, 6) is 0. The molecule has 1 unspecified atom stereocenters. The first-order valence-electron chi connectivity index (χ1n) is 9.23. The van der Waals surface area contributed by atoms with Crippen LogP contribution in [0.4, 0.5) is 0 Å². The molecule has 0 saturated heterocycles. The lowest BCUT2D eigenvalue weighted by molar-refractivity contribution is 1.57. The summed E-state index contributed by atoms with van der Waals surface area (Å²) < 4.78 is 0. The molecule has 0 aliphatic heterocycles. The average Bonchev–Trinajstić information content (AvgIpc) is 2.95. The molecular formula is C24H25PSi. The summed E-state index contributed by atoms with van der Waals surface area (Å²) in [6, 6.07) is 29.3. The van der Waals surface area contributed by atoms with Crippen LogP contribution in [0.25, 0.3) is 26.7 Å². The molecule has 1 heterocycles. The zero-order chi connectivity index (χ0) is 18.3. The number of hydrogen-bond acceptors (Lipinski definition) is 0. The Morgan fingerprint density at radius 2 is 1.35 bits per heavy atom. The van der Waals surface area contributed by atoms with E-state index in [9.17, 15) is 0 Å². The molecule has 130 valence electrons. The molecule has 0 saturated carbocycles. The molecule has 0 aliphatic carbocycles. The predicted molar refractivity (Wildman–Crippen MR) is 121 cm³/mol. The zero-order valence-electron chi connectivity index (χ0n) is 16.0. The highest BCUT2D eigenvalue weighted by molar-refractivity contribution is 7.65. The summed E-state index contributed by atoms with van der Waals surface area (Å²) in [5.41, 5.74) is 2.81. The fraction of sp³-hybridized carbons (Fsp3) is 0.167. The smallest absolute Gasteiger partial charge is 0.0770 e. The van der Waals surface area contributed by atoms with Gasteiger partial charge < -0.3 is 0 Å². The van der Waals surface area contributed by atoms with Gasteiger partial charge in [-0.15, -0.1) is 0 Å². The largest absolute Gasteiger partial charge is 0.0776 e. The zero-order valence-corrected chi connectivity index (χ0v) is 17.8. The van der Waals surface area contributed by atoms with Gasteiger partial charge >= 0.3 is 0 Å². The Balaban J connectivity index is 2.12. The van der Waals surface area contributed by atoms with Crippen LogP contribution in [0.2, 0.25) is 19.6 Å². The number of rotatable bonds is 3. The second-order valence-electron chi connectivity index (χ2n) is 7.99. The van der Waals surface area contributed by atoms with E-state index in [2.05, 4.69) is 105 Å². The van der Waals surface area contributed by atoms with Gasteiger partial charge in [0.15, 0.2) is 0 Å². The minimum atomic E-state index is -1.34. The van der Waals surface area contributed by atoms with Crippen molar-refractivity contribution in [3.63, 3.8) is 0 Å². The third kappa shape index (κ3) is 2.96. The van der Waals surface area contributed by atoms with Crippen LogP contribution in [0.5, 0.6) is 0 Å². The van der Waals surface area contributed by atoms with Crippen LogP contribution in [0.15, 0.2) is 78.9 Å². The molecule has 3 aromatic carbocycles. The molecule has 0 radical (unpaired) electrons. The maximum absolute atomic E-state index is 2.53. The highest BCUT2D eigenvalue weighted by Gasteiger charge is 2.22. The molecule has 4 aromatic rings. The summed E-state index contributed by atoms with van der Waals surface area (Å²) in [5, 5.41) is 7.52. The van der Waals surface area contributed by atoms with E-state index in [1.165, 1.54) is 27.1 Å². The van der Waals surface area contributed by atoms with Crippen molar-refractivity contribution in [1.29, 1.82) is 0 Å². The molecule has 4 rings (SSSR count). The van der Waals surface area contributed by atoms with Gasteiger partial charge in [-0.05, 0) is 28.7 Å². The first-order chi connectivity index (χ1) is 12.5. The Hall–Kier alpha value is -2.08. The number of hydrogen-bond donors (Lipinski definition) is 0. The third-order valence-corrected chi connectivity index (χ3v) is 9.90. The summed E-state index contributed by atoms with van der Waals surface area (Å²) in [6.45, 7) is 9.62. The molecule has 26 heavy (non-hydrogen) atoms. The molecule has 2 heteroatoms. The molecule has 1 atom stereocenters. The van der Waals surface area contributed by atoms with Crippen LogP contribution < -0.4 is 5.19 Å². The summed E-state index contributed by atoms with van der Waals surface area (Å²) in [4.78, 5) is 0. The highest BCUT2D eigenvalue weighted by Crippen LogP contribution is 2.57. The van der Waals surface area contributed by atoms with E-state index in [-0.39, 0.29) is 0 Å². The lowest BCUT2D eigenvalue weighted by Crippen LogP contribution is -2.37. The molecule has 0 N–H and O–H groups in total. The van der Waals surface area contributed by atoms with E-state index in [0.717, 1.165) is 0 Å². The van der Waals surface area contributed by atoms with Gasteiger partial charge in [0, 0.05) is 10.4 Å². The van der Waals surface area contributed by atoms with Crippen molar-refractivity contribution >= 4 is 31.3 Å². The van der Waals surface area contributed by atoms with E-state index in [0.29, 0.717) is 0 Å². The molecule has 0 aliphatic rings. The van der Waals surface area contributed by atoms with Crippen molar-refractivity contribution in [2.75, 3.05) is 0 Å². The van der Waals surface area contributed by atoms with Gasteiger partial charge in [0.05, 0.1) is 8.07 Å². The Bertz CT molecular complexity index is 1050. The number of aryl methyl sites for hydroxylation is 1. The quantitative estimate of drug-likeness (QED) is 0.330. The molecule has 0 bridgehead atoms. The van der Waals surface area contributed by atoms with Crippen LogP contribution in [0.3, 0.4) is 0 Å². The lowest BCUT2D eigenvalue weighted by atomic mass is 10.1. The summed E-state index contributed by atoms with van der Waals surface area (Å²) >= 11 is 0. The van der Waals surface area contributed by atoms with Gasteiger partial charge in [0.1, 0.15) is 0 Å². The van der Waals surface area contributed by atoms with Crippen molar-refractivity contribution < 1.29 is 0 Å². The maximum atomic E-state index is 2.53. The van der Waals surface area contributed by atoms with Crippen molar-refractivity contribution in [1.82, 2.24) is 0 Å². The normalized spacial score (nSPS) is 12.5. The van der Waals surface area contributed by atoms with Gasteiger partial charge in [-0.3, -0.25) is 0 Å². The first kappa shape index (κ1) is 17.3. The van der Waals surface area contributed by atoms with E-state index in [1.54, 1.807) is 10.3 Å². The minimum Gasteiger partial charge on any atom is -0.0770 e. The number of benzene rings is 3. The summed E-state index contributed by atoms with van der Waals surface area (Å²) in [6.07, 6.45) is 0. The van der Waals surface area contributed by atoms with E-state index >= 15 is 0 Å². The van der Waals surface area contributed by atoms with Gasteiger partial charge in [0.25, 0.3) is 0 Å². The van der Waals surface area contributed by atoms with Crippen molar-refractivity contribution in [2.45, 2.75) is 26.6 Å². The lowest BCUT2D eigenvalue weighted by Gasteiger charge is -2.17. The first-order valence-corrected chi connectivity index (χ1v) is 14.1. The van der Waals surface area contributed by atoms with E-state index in [1.807, 2.05) is 0 Å². The van der Waals surface area contributed by atoms with E-state index < -0.39 is 15.6 Å². The molecule has 0 nitrogen and oxygen atoms in total. The predicted octanol–water partition coefficient (Wildman–Crippen LogP) is 7.34. The Morgan fingerprint density at radius 1 is 0.731 bits per heavy atom. The topological polar surface area (TPSA) is 0 Å². The van der Waals surface area contributed by atoms with Gasteiger partial charge in [-0.1, -0.05) is 111 Å². The fourth-order valence-electron chi connectivity index (χ4n) is 3.70. The number of fused-ring (bicyclic) bond motifs is 1. The second kappa shape index (κ2) is 6.58. The van der Waals surface area contributed by atoms with Crippen LogP contribution in [-0.4, -0.2) is 8.07 Å². The molecule has 1 aromatic heterocycles. The van der Waals surface area contributed by atoms with Crippen LogP contribution >= 0.6 is 7.53 Å². The molecule has 0 fully saturated rings. The van der Waals surface area contributed by atoms with Gasteiger partial charge in [-0.25, -0.2) is 0 Å². The van der Waals surface area contributed by atoms with Crippen LogP contribution in [0.1, 0.15) is 5.56 Å². The highest BCUT2D eigenvalue weighted by atomic mass is 31.1. The Morgan fingerprint density at radius 3 is 1.96 bits per heavy atom. The molecule has 0 amide bonds. The van der Waals surface area contributed by atoms with Crippen LogP contribution in [-0.2, 0) is 0 Å². The van der Waals surface area contributed by atoms with Crippen molar-refractivity contribution in [2.24, 2.45) is 0 Å². The van der Waals surface area contributed by atoms with E-state index in [4.69, 9.17) is 0 Å². The monoisotopic (exact) mass is 372 g/mol. The van der Waals surface area contributed by atoms with Crippen molar-refractivity contribution in [3.8, 4) is 16.2 Å². The SMILES string of the molecule is Cc1c(-c2ccccc2)p(-c2ccccc2)c2cc([Si](C)(C)C)ccc12. The standard InChI is InChI=1S/C24H25PSi/c1-18-22-16-15-21(26(2,3)4)17-23(22)25(20-13-9-6-10-14-20)24(18)19-11-7-5-8-12-19/h5-17H,1-4H3. The van der Waals surface area contributed by atoms with Crippen LogP contribution in [0, 0.1) is 6.92 Å². The minimum absolute atomic E-state index is 0.497. The van der Waals surface area contributed by atoms with Gasteiger partial charge in [0.2, 0.25) is 0 Å². The Labute approximate surface area is 158 Å². The fourth-order valence-corrected chi connectivity index (χ4v) is 7.85. The Kier molecular flexibility index (Phi) is 4.38. The molecule has 0 spiro atoms. The van der Waals surface area contributed by atoms with Crippen molar-refractivity contribution in [3.05, 3.63) is 84.4 Å². The third-order valence-electron chi connectivity index (χ3n) is 5.15. The maximum Gasteiger partial charge on any atom is 0.0776 e. The second-order valence-corrected chi connectivity index (χ2v) is 15.2. The summed E-state index contributed by atoms with van der Waals surface area (Å²) in [7, 11) is -1.83.